The second kappa shape index (κ2) is 8.10. The number of benzene rings is 2. The van der Waals surface area contributed by atoms with Gasteiger partial charge in [-0.3, -0.25) is 0 Å². The van der Waals surface area contributed by atoms with Crippen molar-refractivity contribution in [2.45, 2.75) is 11.7 Å². The average Bonchev–Trinajstić information content (AvgIpc) is 3.05. The van der Waals surface area contributed by atoms with Gasteiger partial charge in [0.1, 0.15) is 0 Å². The summed E-state index contributed by atoms with van der Waals surface area (Å²) in [6.45, 7) is 1.60. The van der Waals surface area contributed by atoms with E-state index in [1.807, 2.05) is 54.6 Å². The molecule has 0 spiro atoms. The minimum atomic E-state index is 0.754. The van der Waals surface area contributed by atoms with Crippen LogP contribution in [0.3, 0.4) is 0 Å². The smallest absolute Gasteiger partial charge is 0.214 e. The van der Waals surface area contributed by atoms with Crippen molar-refractivity contribution in [3.63, 3.8) is 0 Å². The van der Waals surface area contributed by atoms with Gasteiger partial charge in [-0.25, -0.2) is 0 Å². The molecule has 0 radical (unpaired) electrons. The summed E-state index contributed by atoms with van der Waals surface area (Å²) in [5, 5.41) is 16.8. The second-order valence-corrected chi connectivity index (χ2v) is 6.29. The fourth-order valence-electron chi connectivity index (χ4n) is 2.08. The van der Waals surface area contributed by atoms with Crippen molar-refractivity contribution in [3.05, 3.63) is 65.2 Å². The summed E-state index contributed by atoms with van der Waals surface area (Å²) in [7, 11) is 0. The van der Waals surface area contributed by atoms with Crippen LogP contribution in [-0.4, -0.2) is 32.5 Å². The standard InChI is InChI=1S/C16H16ClN5S/c17-15-9-5-4-6-13(15)12-18-10-11-23-16-19-20-21-22(16)14-7-2-1-3-8-14/h1-9,18H,10-12H2. The monoisotopic (exact) mass is 345 g/mol. The lowest BCUT2D eigenvalue weighted by Crippen LogP contribution is -2.17. The number of halogens is 1. The molecule has 1 N–H and O–H groups in total. The minimum Gasteiger partial charge on any atom is -0.312 e. The summed E-state index contributed by atoms with van der Waals surface area (Å²) in [5.41, 5.74) is 2.07. The van der Waals surface area contributed by atoms with E-state index in [1.54, 1.807) is 16.4 Å². The van der Waals surface area contributed by atoms with Gasteiger partial charge in [0, 0.05) is 23.9 Å². The highest BCUT2D eigenvalue weighted by Crippen LogP contribution is 2.17. The second-order valence-electron chi connectivity index (χ2n) is 4.83. The Balaban J connectivity index is 1.49. The lowest BCUT2D eigenvalue weighted by Gasteiger charge is -2.07. The quantitative estimate of drug-likeness (QED) is 0.526. The van der Waals surface area contributed by atoms with Crippen LogP contribution in [-0.2, 0) is 6.54 Å². The molecule has 1 aromatic heterocycles. The van der Waals surface area contributed by atoms with E-state index in [0.29, 0.717) is 0 Å². The van der Waals surface area contributed by atoms with Crippen molar-refractivity contribution in [1.82, 2.24) is 25.5 Å². The predicted octanol–water partition coefficient (Wildman–Crippen LogP) is 3.20. The van der Waals surface area contributed by atoms with E-state index in [9.17, 15) is 0 Å². The maximum atomic E-state index is 6.13. The molecule has 0 aliphatic heterocycles. The van der Waals surface area contributed by atoms with Crippen LogP contribution in [0.1, 0.15) is 5.56 Å². The Morgan fingerprint density at radius 3 is 2.65 bits per heavy atom. The molecule has 0 atom stereocenters. The molecule has 23 heavy (non-hydrogen) atoms. The summed E-state index contributed by atoms with van der Waals surface area (Å²) in [5.74, 6) is 0.873. The number of tetrazole rings is 1. The molecular weight excluding hydrogens is 330 g/mol. The number of thioether (sulfide) groups is 1. The van der Waals surface area contributed by atoms with Crippen LogP contribution >= 0.6 is 23.4 Å². The summed E-state index contributed by atoms with van der Waals surface area (Å²) >= 11 is 7.75. The molecular formula is C16H16ClN5S. The third-order valence-corrected chi connectivity index (χ3v) is 4.51. The maximum absolute atomic E-state index is 6.13. The van der Waals surface area contributed by atoms with Crippen molar-refractivity contribution in [3.8, 4) is 5.69 Å². The van der Waals surface area contributed by atoms with Crippen LogP contribution in [0.4, 0.5) is 0 Å². The molecule has 5 nitrogen and oxygen atoms in total. The van der Waals surface area contributed by atoms with Gasteiger partial charge in [0.2, 0.25) is 5.16 Å². The SMILES string of the molecule is Clc1ccccc1CNCCSc1nnnn1-c1ccccc1. The Bertz CT molecular complexity index is 747. The first-order chi connectivity index (χ1) is 11.3. The number of hydrogen-bond acceptors (Lipinski definition) is 5. The van der Waals surface area contributed by atoms with Crippen molar-refractivity contribution in [2.24, 2.45) is 0 Å². The molecule has 0 fully saturated rings. The Hall–Kier alpha value is -1.89. The van der Waals surface area contributed by atoms with Crippen molar-refractivity contribution >= 4 is 23.4 Å². The molecule has 0 aliphatic carbocycles. The van der Waals surface area contributed by atoms with E-state index >= 15 is 0 Å². The molecule has 0 saturated heterocycles. The van der Waals surface area contributed by atoms with E-state index in [2.05, 4.69) is 20.8 Å². The number of nitrogens with one attached hydrogen (secondary N) is 1. The van der Waals surface area contributed by atoms with Crippen LogP contribution in [0.25, 0.3) is 5.69 Å². The van der Waals surface area contributed by atoms with Gasteiger partial charge in [-0.15, -0.1) is 5.10 Å². The van der Waals surface area contributed by atoms with Crippen molar-refractivity contribution in [1.29, 1.82) is 0 Å². The zero-order valence-electron chi connectivity index (χ0n) is 12.4. The van der Waals surface area contributed by atoms with Gasteiger partial charge in [0.15, 0.2) is 0 Å². The fourth-order valence-corrected chi connectivity index (χ4v) is 3.07. The van der Waals surface area contributed by atoms with Gasteiger partial charge in [-0.2, -0.15) is 4.68 Å². The van der Waals surface area contributed by atoms with E-state index in [4.69, 9.17) is 11.6 Å². The molecule has 2 aromatic carbocycles. The van der Waals surface area contributed by atoms with Gasteiger partial charge in [0.05, 0.1) is 5.69 Å². The first-order valence-electron chi connectivity index (χ1n) is 7.25. The van der Waals surface area contributed by atoms with Gasteiger partial charge in [0.25, 0.3) is 0 Å². The van der Waals surface area contributed by atoms with Crippen molar-refractivity contribution in [2.75, 3.05) is 12.3 Å². The number of aromatic nitrogens is 4. The van der Waals surface area contributed by atoms with Gasteiger partial charge >= 0.3 is 0 Å². The predicted molar refractivity (Wildman–Crippen MR) is 93.0 cm³/mol. The summed E-state index contributed by atoms with van der Waals surface area (Å²) in [6, 6.07) is 17.7. The number of rotatable bonds is 7. The Labute approximate surface area is 144 Å². The topological polar surface area (TPSA) is 55.6 Å². The zero-order chi connectivity index (χ0) is 15.9. The fraction of sp³-hybridized carbons (Fsp3) is 0.188. The maximum Gasteiger partial charge on any atom is 0.214 e. The zero-order valence-corrected chi connectivity index (χ0v) is 14.0. The lowest BCUT2D eigenvalue weighted by molar-refractivity contribution is 0.728. The Kier molecular flexibility index (Phi) is 5.63. The van der Waals surface area contributed by atoms with Crippen LogP contribution in [0.2, 0.25) is 5.02 Å². The molecule has 7 heteroatoms. The largest absolute Gasteiger partial charge is 0.312 e. The first-order valence-corrected chi connectivity index (χ1v) is 8.61. The summed E-state index contributed by atoms with van der Waals surface area (Å²) in [4.78, 5) is 0. The molecule has 118 valence electrons. The van der Waals surface area contributed by atoms with E-state index in [1.165, 1.54) is 0 Å². The Morgan fingerprint density at radius 1 is 1.04 bits per heavy atom. The van der Waals surface area contributed by atoms with E-state index in [0.717, 1.165) is 40.3 Å². The van der Waals surface area contributed by atoms with Gasteiger partial charge < -0.3 is 5.32 Å². The molecule has 0 aliphatic rings. The molecule has 3 aromatic rings. The summed E-state index contributed by atoms with van der Waals surface area (Å²) < 4.78 is 1.75. The van der Waals surface area contributed by atoms with E-state index in [-0.39, 0.29) is 0 Å². The highest BCUT2D eigenvalue weighted by molar-refractivity contribution is 7.99. The average molecular weight is 346 g/mol. The number of hydrogen-bond donors (Lipinski definition) is 1. The number of nitrogens with zero attached hydrogens (tertiary/aromatic N) is 4. The minimum absolute atomic E-state index is 0.754. The first kappa shape index (κ1) is 16.0. The molecule has 0 unspecified atom stereocenters. The van der Waals surface area contributed by atoms with Crippen LogP contribution < -0.4 is 5.32 Å². The molecule has 0 saturated carbocycles. The third-order valence-electron chi connectivity index (χ3n) is 3.22. The van der Waals surface area contributed by atoms with E-state index < -0.39 is 0 Å². The summed E-state index contributed by atoms with van der Waals surface area (Å²) in [6.07, 6.45) is 0. The van der Waals surface area contributed by atoms with Crippen LogP contribution in [0.5, 0.6) is 0 Å². The molecule has 3 rings (SSSR count). The Morgan fingerprint density at radius 2 is 1.83 bits per heavy atom. The van der Waals surface area contributed by atoms with Gasteiger partial charge in [-0.05, 0) is 34.2 Å². The lowest BCUT2D eigenvalue weighted by atomic mass is 10.2. The molecule has 0 amide bonds. The number of para-hydroxylation sites is 1. The van der Waals surface area contributed by atoms with Gasteiger partial charge in [-0.1, -0.05) is 59.8 Å². The molecule has 0 bridgehead atoms. The normalized spacial score (nSPS) is 10.8. The molecule has 1 heterocycles. The van der Waals surface area contributed by atoms with Crippen molar-refractivity contribution < 1.29 is 0 Å². The third kappa shape index (κ3) is 4.31. The van der Waals surface area contributed by atoms with Crippen LogP contribution in [0.15, 0.2) is 59.8 Å². The highest BCUT2D eigenvalue weighted by Gasteiger charge is 2.08. The highest BCUT2D eigenvalue weighted by atomic mass is 35.5. The van der Waals surface area contributed by atoms with Crippen LogP contribution in [0, 0.1) is 0 Å².